The molecule has 0 aromatic carbocycles. The SMILES string of the molecule is CC#CCC(=O)CS(C)(=O)=O. The molecule has 0 amide bonds. The maximum absolute atomic E-state index is 10.7. The highest BCUT2D eigenvalue weighted by atomic mass is 32.2. The van der Waals surface area contributed by atoms with E-state index in [4.69, 9.17) is 0 Å². The summed E-state index contributed by atoms with van der Waals surface area (Å²) < 4.78 is 21.1. The number of hydrogen-bond acceptors (Lipinski definition) is 3. The number of ketones is 1. The van der Waals surface area contributed by atoms with Gasteiger partial charge >= 0.3 is 0 Å². The van der Waals surface area contributed by atoms with Gasteiger partial charge in [0.25, 0.3) is 0 Å². The molecule has 0 rings (SSSR count). The van der Waals surface area contributed by atoms with Crippen LogP contribution in [0.25, 0.3) is 0 Å². The van der Waals surface area contributed by atoms with E-state index in [2.05, 4.69) is 11.8 Å². The maximum atomic E-state index is 10.7. The molecule has 0 aliphatic heterocycles. The van der Waals surface area contributed by atoms with Crippen LogP contribution in [0, 0.1) is 11.8 Å². The van der Waals surface area contributed by atoms with Gasteiger partial charge in [0, 0.05) is 6.26 Å². The summed E-state index contributed by atoms with van der Waals surface area (Å²) in [6.45, 7) is 1.60. The van der Waals surface area contributed by atoms with Gasteiger partial charge in [0.1, 0.15) is 5.75 Å². The van der Waals surface area contributed by atoms with E-state index in [0.29, 0.717) is 0 Å². The van der Waals surface area contributed by atoms with Gasteiger partial charge in [-0.1, -0.05) is 5.92 Å². The fourth-order valence-corrected chi connectivity index (χ4v) is 1.22. The van der Waals surface area contributed by atoms with Crippen molar-refractivity contribution < 1.29 is 13.2 Å². The largest absolute Gasteiger partial charge is 0.297 e. The minimum absolute atomic E-state index is 0.0313. The molecule has 0 atom stereocenters. The van der Waals surface area contributed by atoms with Crippen LogP contribution in [0.4, 0.5) is 0 Å². The lowest BCUT2D eigenvalue weighted by Gasteiger charge is -1.91. The molecule has 3 nitrogen and oxygen atoms in total. The fraction of sp³-hybridized carbons (Fsp3) is 0.571. The second kappa shape index (κ2) is 4.14. The number of hydrogen-bond donors (Lipinski definition) is 0. The van der Waals surface area contributed by atoms with E-state index in [1.54, 1.807) is 6.92 Å². The first kappa shape index (κ1) is 10.2. The van der Waals surface area contributed by atoms with Crippen LogP contribution in [-0.2, 0) is 14.6 Å². The summed E-state index contributed by atoms with van der Waals surface area (Å²) >= 11 is 0. The predicted octanol–water partition coefficient (Wildman–Crippen LogP) is 0.0135. The second-order valence-electron chi connectivity index (χ2n) is 2.21. The zero-order valence-corrected chi connectivity index (χ0v) is 7.36. The second-order valence-corrected chi connectivity index (χ2v) is 4.35. The molecule has 0 saturated heterocycles. The summed E-state index contributed by atoms with van der Waals surface area (Å²) in [5.74, 6) is 4.28. The smallest absolute Gasteiger partial charge is 0.159 e. The van der Waals surface area contributed by atoms with Crippen LogP contribution in [0.1, 0.15) is 13.3 Å². The molecule has 0 radical (unpaired) electrons. The number of sulfone groups is 1. The maximum Gasteiger partial charge on any atom is 0.159 e. The van der Waals surface area contributed by atoms with E-state index < -0.39 is 15.6 Å². The molecule has 0 unspecified atom stereocenters. The minimum atomic E-state index is -3.17. The van der Waals surface area contributed by atoms with E-state index in [1.807, 2.05) is 0 Å². The molecule has 0 spiro atoms. The third kappa shape index (κ3) is 7.07. The van der Waals surface area contributed by atoms with Crippen molar-refractivity contribution in [1.29, 1.82) is 0 Å². The van der Waals surface area contributed by atoms with Gasteiger partial charge in [0.05, 0.1) is 6.42 Å². The molecule has 0 N–H and O–H groups in total. The van der Waals surface area contributed by atoms with Gasteiger partial charge < -0.3 is 0 Å². The average molecular weight is 174 g/mol. The van der Waals surface area contributed by atoms with Crippen LogP contribution in [0.15, 0.2) is 0 Å². The molecule has 4 heteroatoms. The Balaban J connectivity index is 3.97. The van der Waals surface area contributed by atoms with Crippen molar-refractivity contribution in [1.82, 2.24) is 0 Å². The van der Waals surface area contributed by atoms with Crippen molar-refractivity contribution in [3.63, 3.8) is 0 Å². The zero-order valence-electron chi connectivity index (χ0n) is 6.55. The molecule has 0 bridgehead atoms. The van der Waals surface area contributed by atoms with Gasteiger partial charge in [-0.2, -0.15) is 0 Å². The Kier molecular flexibility index (Phi) is 3.83. The quantitative estimate of drug-likeness (QED) is 0.566. The Morgan fingerprint density at radius 1 is 1.45 bits per heavy atom. The molecular formula is C7H10O3S. The Morgan fingerprint density at radius 3 is 2.36 bits per heavy atom. The third-order valence-corrected chi connectivity index (χ3v) is 1.73. The zero-order chi connectivity index (χ0) is 8.91. The van der Waals surface area contributed by atoms with Gasteiger partial charge in [-0.25, -0.2) is 8.42 Å². The van der Waals surface area contributed by atoms with Crippen LogP contribution < -0.4 is 0 Å². The summed E-state index contributed by atoms with van der Waals surface area (Å²) in [6.07, 6.45) is 1.06. The van der Waals surface area contributed by atoms with E-state index in [1.165, 1.54) is 0 Å². The number of carbonyl (C=O) groups is 1. The minimum Gasteiger partial charge on any atom is -0.297 e. The van der Waals surface area contributed by atoms with Crippen LogP contribution in [0.3, 0.4) is 0 Å². The number of rotatable bonds is 3. The number of Topliss-reactive ketones (excluding diaryl/α,β-unsaturated/α-hetero) is 1. The Labute approximate surface area is 66.7 Å². The molecular weight excluding hydrogens is 164 g/mol. The summed E-state index contributed by atoms with van der Waals surface area (Å²) in [5.41, 5.74) is 0. The Hall–Kier alpha value is -0.820. The normalized spacial score (nSPS) is 10.0. The summed E-state index contributed by atoms with van der Waals surface area (Å²) in [5, 5.41) is 0. The van der Waals surface area contributed by atoms with Crippen molar-refractivity contribution in [2.24, 2.45) is 0 Å². The molecule has 0 heterocycles. The van der Waals surface area contributed by atoms with Gasteiger partial charge in [0.2, 0.25) is 0 Å². The van der Waals surface area contributed by atoms with Crippen molar-refractivity contribution in [3.8, 4) is 11.8 Å². The first-order valence-corrected chi connectivity index (χ1v) is 5.11. The highest BCUT2D eigenvalue weighted by Crippen LogP contribution is 1.88. The highest BCUT2D eigenvalue weighted by molar-refractivity contribution is 7.91. The Morgan fingerprint density at radius 2 is 2.00 bits per heavy atom. The molecule has 0 saturated carbocycles. The van der Waals surface area contributed by atoms with Crippen LogP contribution in [0.5, 0.6) is 0 Å². The summed E-state index contributed by atoms with van der Waals surface area (Å²) in [6, 6.07) is 0. The third-order valence-electron chi connectivity index (χ3n) is 0.886. The van der Waals surface area contributed by atoms with E-state index in [0.717, 1.165) is 6.26 Å². The molecule has 0 fully saturated rings. The highest BCUT2D eigenvalue weighted by Gasteiger charge is 2.08. The van der Waals surface area contributed by atoms with Crippen LogP contribution >= 0.6 is 0 Å². The van der Waals surface area contributed by atoms with Crippen LogP contribution in [-0.4, -0.2) is 26.2 Å². The monoisotopic (exact) mass is 174 g/mol. The van der Waals surface area contributed by atoms with Crippen molar-refractivity contribution in [2.45, 2.75) is 13.3 Å². The lowest BCUT2D eigenvalue weighted by atomic mass is 10.3. The van der Waals surface area contributed by atoms with E-state index in [-0.39, 0.29) is 12.2 Å². The van der Waals surface area contributed by atoms with Gasteiger partial charge in [-0.3, -0.25) is 4.79 Å². The molecule has 11 heavy (non-hydrogen) atoms. The standard InChI is InChI=1S/C7H10O3S/c1-3-4-5-7(8)6-11(2,9)10/h5-6H2,1-2H3. The molecule has 0 aromatic heterocycles. The predicted molar refractivity (Wildman–Crippen MR) is 42.8 cm³/mol. The summed E-state index contributed by atoms with van der Waals surface area (Å²) in [7, 11) is -3.17. The fourth-order valence-electron chi connectivity index (χ4n) is 0.530. The molecule has 0 aliphatic carbocycles. The van der Waals surface area contributed by atoms with Gasteiger partial charge in [-0.05, 0) is 6.92 Å². The van der Waals surface area contributed by atoms with Crippen molar-refractivity contribution in [2.75, 3.05) is 12.0 Å². The Bertz CT molecular complexity index is 289. The molecule has 62 valence electrons. The average Bonchev–Trinajstić information content (AvgIpc) is 1.79. The van der Waals surface area contributed by atoms with E-state index >= 15 is 0 Å². The lowest BCUT2D eigenvalue weighted by molar-refractivity contribution is -0.115. The molecule has 0 aliphatic rings. The van der Waals surface area contributed by atoms with Crippen LogP contribution in [0.2, 0.25) is 0 Å². The van der Waals surface area contributed by atoms with E-state index in [9.17, 15) is 13.2 Å². The van der Waals surface area contributed by atoms with Crippen molar-refractivity contribution >= 4 is 15.6 Å². The topological polar surface area (TPSA) is 51.2 Å². The van der Waals surface area contributed by atoms with Gasteiger partial charge in [0.15, 0.2) is 15.6 Å². The lowest BCUT2D eigenvalue weighted by Crippen LogP contribution is -2.13. The summed E-state index contributed by atoms with van der Waals surface area (Å²) in [4.78, 5) is 10.7. The number of carbonyl (C=O) groups excluding carboxylic acids is 1. The van der Waals surface area contributed by atoms with Crippen molar-refractivity contribution in [3.05, 3.63) is 0 Å². The first-order valence-electron chi connectivity index (χ1n) is 3.05. The first-order chi connectivity index (χ1) is 4.95. The molecule has 0 aromatic rings. The van der Waals surface area contributed by atoms with Gasteiger partial charge in [-0.15, -0.1) is 5.92 Å².